The Kier molecular flexibility index (Phi) is 4.81. The minimum absolute atomic E-state index is 0.319. The van der Waals surface area contributed by atoms with Crippen molar-refractivity contribution in [1.29, 1.82) is 0 Å². The fourth-order valence-corrected chi connectivity index (χ4v) is 2.98. The zero-order chi connectivity index (χ0) is 13.1. The van der Waals surface area contributed by atoms with Crippen molar-refractivity contribution in [2.24, 2.45) is 7.05 Å². The average molecular weight is 317 g/mol. The zero-order valence-electron chi connectivity index (χ0n) is 11.0. The second-order valence-corrected chi connectivity index (χ2v) is 5.83. The van der Waals surface area contributed by atoms with E-state index in [0.717, 1.165) is 48.2 Å². The normalized spacial score (nSPS) is 21.4. The molecule has 1 aromatic rings. The lowest BCUT2D eigenvalue weighted by molar-refractivity contribution is 0.0808. The van der Waals surface area contributed by atoms with Crippen LogP contribution in [0.3, 0.4) is 0 Å². The molecule has 1 aliphatic heterocycles. The lowest BCUT2D eigenvalue weighted by Gasteiger charge is -2.14. The topological polar surface area (TPSA) is 47.3 Å². The summed E-state index contributed by atoms with van der Waals surface area (Å²) in [5.74, 6) is 0. The molecule has 0 bridgehead atoms. The van der Waals surface area contributed by atoms with Crippen LogP contribution in [-0.4, -0.2) is 33.7 Å². The molecule has 0 saturated carbocycles. The first-order valence-corrected chi connectivity index (χ1v) is 7.35. The molecule has 1 N–H and O–H groups in total. The summed E-state index contributed by atoms with van der Waals surface area (Å²) in [7, 11) is 1.92. The van der Waals surface area contributed by atoms with Crippen molar-refractivity contribution in [3.8, 4) is 0 Å². The van der Waals surface area contributed by atoms with Crippen molar-refractivity contribution in [1.82, 2.24) is 9.78 Å². The Balaban J connectivity index is 1.84. The molecule has 2 heterocycles. The molecule has 0 aromatic carbocycles. The Bertz CT molecular complexity index is 400. The van der Waals surface area contributed by atoms with E-state index in [0.29, 0.717) is 12.5 Å². The van der Waals surface area contributed by atoms with Gasteiger partial charge in [-0.25, -0.2) is 0 Å². The van der Waals surface area contributed by atoms with Gasteiger partial charge >= 0.3 is 0 Å². The van der Waals surface area contributed by atoms with Gasteiger partial charge < -0.3 is 9.84 Å². The smallest absolute Gasteiger partial charge is 0.0738 e. The lowest BCUT2D eigenvalue weighted by Crippen LogP contribution is -2.16. The van der Waals surface area contributed by atoms with E-state index >= 15 is 0 Å². The largest absolute Gasteiger partial charge is 0.393 e. The van der Waals surface area contributed by atoms with E-state index in [4.69, 9.17) is 4.74 Å². The first kappa shape index (κ1) is 14.0. The Morgan fingerprint density at radius 3 is 2.94 bits per heavy atom. The van der Waals surface area contributed by atoms with Gasteiger partial charge in [0.2, 0.25) is 0 Å². The van der Waals surface area contributed by atoms with Gasteiger partial charge in [0.15, 0.2) is 0 Å². The highest BCUT2D eigenvalue weighted by Gasteiger charge is 2.19. The minimum atomic E-state index is -0.319. The van der Waals surface area contributed by atoms with Crippen LogP contribution in [0.4, 0.5) is 0 Å². The molecule has 1 aromatic heterocycles. The van der Waals surface area contributed by atoms with Crippen molar-refractivity contribution < 1.29 is 9.84 Å². The van der Waals surface area contributed by atoms with Crippen molar-refractivity contribution in [3.05, 3.63) is 15.9 Å². The van der Waals surface area contributed by atoms with Crippen LogP contribution in [0, 0.1) is 6.92 Å². The molecular weight excluding hydrogens is 296 g/mol. The van der Waals surface area contributed by atoms with Gasteiger partial charge in [0.1, 0.15) is 0 Å². The second kappa shape index (κ2) is 6.17. The van der Waals surface area contributed by atoms with Crippen LogP contribution in [-0.2, 0) is 18.2 Å². The molecule has 0 spiro atoms. The maximum Gasteiger partial charge on any atom is 0.0738 e. The molecule has 18 heavy (non-hydrogen) atoms. The quantitative estimate of drug-likeness (QED) is 0.907. The van der Waals surface area contributed by atoms with E-state index in [1.165, 1.54) is 0 Å². The van der Waals surface area contributed by atoms with Crippen LogP contribution in [0.25, 0.3) is 0 Å². The molecule has 2 unspecified atom stereocenters. The lowest BCUT2D eigenvalue weighted by atomic mass is 10.0. The molecule has 0 amide bonds. The summed E-state index contributed by atoms with van der Waals surface area (Å²) in [6.07, 6.45) is 4.73. The van der Waals surface area contributed by atoms with Crippen LogP contribution in [0.15, 0.2) is 4.47 Å². The number of aliphatic hydroxyl groups is 1. The zero-order valence-corrected chi connectivity index (χ0v) is 12.6. The fourth-order valence-electron chi connectivity index (χ4n) is 2.48. The van der Waals surface area contributed by atoms with E-state index in [1.807, 2.05) is 18.7 Å². The van der Waals surface area contributed by atoms with Crippen molar-refractivity contribution in [3.63, 3.8) is 0 Å². The average Bonchev–Trinajstić information content (AvgIpc) is 2.92. The molecule has 4 nitrogen and oxygen atoms in total. The number of aliphatic hydroxyl groups excluding tert-OH is 1. The number of aryl methyl sites for hydroxylation is 2. The van der Waals surface area contributed by atoms with Crippen LogP contribution < -0.4 is 0 Å². The van der Waals surface area contributed by atoms with Crippen molar-refractivity contribution in [2.75, 3.05) is 6.61 Å². The molecule has 102 valence electrons. The Morgan fingerprint density at radius 2 is 2.39 bits per heavy atom. The number of rotatable bonds is 5. The SMILES string of the molecule is Cc1nn(C)c(CC(O)CCC2CCCO2)c1Br. The summed E-state index contributed by atoms with van der Waals surface area (Å²) < 4.78 is 8.42. The standard InChI is InChI=1S/C13H21BrN2O2/c1-9-13(14)12(16(2)15-9)8-10(17)5-6-11-4-3-7-18-11/h10-11,17H,3-8H2,1-2H3. The molecule has 2 atom stereocenters. The number of hydrogen-bond acceptors (Lipinski definition) is 3. The van der Waals surface area contributed by atoms with Gasteiger partial charge in [-0.05, 0) is 48.5 Å². The third-order valence-electron chi connectivity index (χ3n) is 3.54. The molecule has 1 saturated heterocycles. The van der Waals surface area contributed by atoms with Crippen LogP contribution >= 0.6 is 15.9 Å². The molecule has 1 fully saturated rings. The predicted molar refractivity (Wildman–Crippen MR) is 73.6 cm³/mol. The second-order valence-electron chi connectivity index (χ2n) is 5.04. The van der Waals surface area contributed by atoms with Gasteiger partial charge in [-0.3, -0.25) is 4.68 Å². The molecule has 5 heteroatoms. The summed E-state index contributed by atoms with van der Waals surface area (Å²) in [6.45, 7) is 2.85. The first-order chi connectivity index (χ1) is 8.58. The number of hydrogen-bond donors (Lipinski definition) is 1. The third kappa shape index (κ3) is 3.33. The van der Waals surface area contributed by atoms with Gasteiger partial charge in [-0.2, -0.15) is 5.10 Å². The van der Waals surface area contributed by atoms with Crippen LogP contribution in [0.1, 0.15) is 37.1 Å². The Morgan fingerprint density at radius 1 is 1.61 bits per heavy atom. The van der Waals surface area contributed by atoms with E-state index in [1.54, 1.807) is 0 Å². The molecular formula is C13H21BrN2O2. The number of ether oxygens (including phenoxy) is 1. The van der Waals surface area contributed by atoms with Crippen molar-refractivity contribution in [2.45, 2.75) is 51.2 Å². The summed E-state index contributed by atoms with van der Waals surface area (Å²) in [5.41, 5.74) is 2.03. The maximum atomic E-state index is 10.1. The van der Waals surface area contributed by atoms with Crippen LogP contribution in [0.2, 0.25) is 0 Å². The van der Waals surface area contributed by atoms with E-state index in [2.05, 4.69) is 21.0 Å². The van der Waals surface area contributed by atoms with Gasteiger partial charge in [0, 0.05) is 20.1 Å². The fraction of sp³-hybridized carbons (Fsp3) is 0.769. The van der Waals surface area contributed by atoms with E-state index in [9.17, 15) is 5.11 Å². The number of halogens is 1. The third-order valence-corrected chi connectivity index (χ3v) is 4.57. The highest BCUT2D eigenvalue weighted by molar-refractivity contribution is 9.10. The highest BCUT2D eigenvalue weighted by Crippen LogP contribution is 2.23. The van der Waals surface area contributed by atoms with E-state index in [-0.39, 0.29) is 6.10 Å². The minimum Gasteiger partial charge on any atom is -0.393 e. The first-order valence-electron chi connectivity index (χ1n) is 6.55. The van der Waals surface area contributed by atoms with Gasteiger partial charge in [-0.1, -0.05) is 0 Å². The number of nitrogens with zero attached hydrogens (tertiary/aromatic N) is 2. The summed E-state index contributed by atoms with van der Waals surface area (Å²) >= 11 is 3.53. The monoisotopic (exact) mass is 316 g/mol. The highest BCUT2D eigenvalue weighted by atomic mass is 79.9. The van der Waals surface area contributed by atoms with Gasteiger partial charge in [0.05, 0.1) is 28.1 Å². The summed E-state index contributed by atoms with van der Waals surface area (Å²) in [5, 5.41) is 14.4. The van der Waals surface area contributed by atoms with Crippen LogP contribution in [0.5, 0.6) is 0 Å². The predicted octanol–water partition coefficient (Wildman–Crippen LogP) is 2.35. The molecule has 1 aliphatic rings. The summed E-state index contributed by atoms with van der Waals surface area (Å²) in [6, 6.07) is 0. The maximum absolute atomic E-state index is 10.1. The summed E-state index contributed by atoms with van der Waals surface area (Å²) in [4.78, 5) is 0. The van der Waals surface area contributed by atoms with Gasteiger partial charge in [0.25, 0.3) is 0 Å². The molecule has 0 radical (unpaired) electrons. The Labute approximate surface area is 116 Å². The molecule has 0 aliphatic carbocycles. The van der Waals surface area contributed by atoms with Gasteiger partial charge in [-0.15, -0.1) is 0 Å². The van der Waals surface area contributed by atoms with Crippen molar-refractivity contribution >= 4 is 15.9 Å². The molecule has 2 rings (SSSR count). The van der Waals surface area contributed by atoms with E-state index < -0.39 is 0 Å². The number of aromatic nitrogens is 2. The Hall–Kier alpha value is -0.390.